The van der Waals surface area contributed by atoms with Crippen LogP contribution in [0.15, 0.2) is 18.2 Å². The number of nitrogens with one attached hydrogen (secondary N) is 1. The van der Waals surface area contributed by atoms with E-state index in [1.54, 1.807) is 6.07 Å². The SMILES string of the molecule is CCCCOC(=O)Oc1ccc(C[C@H](NCCOC(=O)OCC(C)CC)C(=O)OC)cc1OC(=O)OCCCC. The molecule has 0 spiro atoms. The second kappa shape index (κ2) is 20.4. The smallest absolute Gasteiger partial charge is 0.468 e. The van der Waals surface area contributed by atoms with Gasteiger partial charge in [-0.1, -0.05) is 53.0 Å². The summed E-state index contributed by atoms with van der Waals surface area (Å²) in [5, 5.41) is 2.98. The van der Waals surface area contributed by atoms with E-state index in [0.29, 0.717) is 18.4 Å². The van der Waals surface area contributed by atoms with Gasteiger partial charge in [-0.05, 0) is 42.9 Å². The molecular formula is C28H43NO11. The number of benzene rings is 1. The van der Waals surface area contributed by atoms with Crippen LogP contribution in [0.3, 0.4) is 0 Å². The number of hydrogen-bond acceptors (Lipinski definition) is 12. The van der Waals surface area contributed by atoms with Gasteiger partial charge in [0.05, 0.1) is 26.9 Å². The molecule has 0 aliphatic rings. The number of carbonyl (C=O) groups excluding carboxylic acids is 4. The van der Waals surface area contributed by atoms with Gasteiger partial charge in [-0.25, -0.2) is 14.4 Å². The van der Waals surface area contributed by atoms with Crippen molar-refractivity contribution < 1.29 is 52.3 Å². The lowest BCUT2D eigenvalue weighted by Gasteiger charge is -2.18. The molecule has 12 nitrogen and oxygen atoms in total. The topological polar surface area (TPSA) is 145 Å². The minimum Gasteiger partial charge on any atom is -0.468 e. The van der Waals surface area contributed by atoms with Crippen LogP contribution < -0.4 is 14.8 Å². The van der Waals surface area contributed by atoms with Crippen molar-refractivity contribution in [2.75, 3.05) is 40.1 Å². The normalized spacial score (nSPS) is 12.0. The molecule has 40 heavy (non-hydrogen) atoms. The number of rotatable bonds is 18. The number of hydrogen-bond donors (Lipinski definition) is 1. The van der Waals surface area contributed by atoms with E-state index >= 15 is 0 Å². The average molecular weight is 570 g/mol. The van der Waals surface area contributed by atoms with Crippen LogP contribution in [0.25, 0.3) is 0 Å². The lowest BCUT2D eigenvalue weighted by molar-refractivity contribution is -0.143. The molecule has 0 aliphatic heterocycles. The average Bonchev–Trinajstić information content (AvgIpc) is 2.94. The molecule has 0 aromatic heterocycles. The molecule has 0 saturated carbocycles. The van der Waals surface area contributed by atoms with E-state index < -0.39 is 30.5 Å². The molecule has 1 rings (SSSR count). The Morgan fingerprint density at radius 3 is 1.98 bits per heavy atom. The number of carbonyl (C=O) groups is 4. The standard InChI is InChI=1S/C28H43NO11/c1-6-9-14-35-27(32)39-23-12-11-21(18-24(23)40-28(33)36-15-10-7-2)17-22(25(30)34-5)29-13-16-37-26(31)38-19-20(4)8-3/h11-12,18,20,22,29H,6-10,13-17,19H2,1-5H3/t20?,22-/m0/s1. The molecule has 0 radical (unpaired) electrons. The Morgan fingerprint density at radius 2 is 1.40 bits per heavy atom. The molecule has 0 fully saturated rings. The summed E-state index contributed by atoms with van der Waals surface area (Å²) in [6, 6.07) is 3.66. The van der Waals surface area contributed by atoms with Gasteiger partial charge in [0.2, 0.25) is 0 Å². The third kappa shape index (κ3) is 14.6. The molecular weight excluding hydrogens is 526 g/mol. The minimum absolute atomic E-state index is 0.0300. The van der Waals surface area contributed by atoms with Gasteiger partial charge in [-0.3, -0.25) is 4.79 Å². The molecule has 0 amide bonds. The maximum absolute atomic E-state index is 12.4. The fraction of sp³-hybridized carbons (Fsp3) is 0.643. The second-order valence-electron chi connectivity index (χ2n) is 9.05. The van der Waals surface area contributed by atoms with Crippen molar-refractivity contribution in [2.45, 2.75) is 72.3 Å². The molecule has 0 saturated heterocycles. The summed E-state index contributed by atoms with van der Waals surface area (Å²) in [6.45, 7) is 8.60. The van der Waals surface area contributed by atoms with E-state index in [0.717, 1.165) is 19.3 Å². The summed E-state index contributed by atoms with van der Waals surface area (Å²) in [5.41, 5.74) is 0.555. The van der Waals surface area contributed by atoms with Gasteiger partial charge in [0.15, 0.2) is 11.5 Å². The van der Waals surface area contributed by atoms with E-state index in [1.807, 2.05) is 27.7 Å². The summed E-state index contributed by atoms with van der Waals surface area (Å²) < 4.78 is 35.6. The van der Waals surface area contributed by atoms with Gasteiger partial charge in [0, 0.05) is 6.54 Å². The van der Waals surface area contributed by atoms with Crippen LogP contribution in [0.1, 0.15) is 65.4 Å². The Balaban J connectivity index is 2.89. The second-order valence-corrected chi connectivity index (χ2v) is 9.05. The summed E-state index contributed by atoms with van der Waals surface area (Å²) in [4.78, 5) is 48.4. The first-order valence-electron chi connectivity index (χ1n) is 13.7. The summed E-state index contributed by atoms with van der Waals surface area (Å²) >= 11 is 0. The van der Waals surface area contributed by atoms with E-state index in [9.17, 15) is 19.2 Å². The zero-order valence-corrected chi connectivity index (χ0v) is 24.2. The Labute approximate surface area is 235 Å². The van der Waals surface area contributed by atoms with Crippen molar-refractivity contribution >= 4 is 24.4 Å². The lowest BCUT2D eigenvalue weighted by Crippen LogP contribution is -2.41. The lowest BCUT2D eigenvalue weighted by atomic mass is 10.1. The Hall–Kier alpha value is -3.54. The number of unbranched alkanes of at least 4 members (excludes halogenated alkanes) is 2. The highest BCUT2D eigenvalue weighted by atomic mass is 16.7. The van der Waals surface area contributed by atoms with Crippen molar-refractivity contribution in [3.8, 4) is 11.5 Å². The first-order chi connectivity index (χ1) is 19.2. The van der Waals surface area contributed by atoms with Crippen molar-refractivity contribution in [1.29, 1.82) is 0 Å². The summed E-state index contributed by atoms with van der Waals surface area (Å²) in [6.07, 6.45) is 1.30. The van der Waals surface area contributed by atoms with Gasteiger partial charge in [0.25, 0.3) is 0 Å². The Bertz CT molecular complexity index is 922. The van der Waals surface area contributed by atoms with Crippen LogP contribution in [0.5, 0.6) is 11.5 Å². The van der Waals surface area contributed by atoms with Crippen LogP contribution in [0.2, 0.25) is 0 Å². The monoisotopic (exact) mass is 569 g/mol. The van der Waals surface area contributed by atoms with Crippen LogP contribution in [0, 0.1) is 5.92 Å². The summed E-state index contributed by atoms with van der Waals surface area (Å²) in [7, 11) is 1.25. The molecule has 12 heteroatoms. The van der Waals surface area contributed by atoms with E-state index in [2.05, 4.69) is 5.32 Å². The van der Waals surface area contributed by atoms with Gasteiger partial charge in [-0.15, -0.1) is 0 Å². The first-order valence-corrected chi connectivity index (χ1v) is 13.7. The van der Waals surface area contributed by atoms with Crippen LogP contribution in [-0.4, -0.2) is 70.6 Å². The Morgan fingerprint density at radius 1 is 0.800 bits per heavy atom. The van der Waals surface area contributed by atoms with Gasteiger partial charge in [0.1, 0.15) is 12.6 Å². The largest absolute Gasteiger partial charge is 0.513 e. The van der Waals surface area contributed by atoms with Crippen molar-refractivity contribution in [3.05, 3.63) is 23.8 Å². The van der Waals surface area contributed by atoms with Crippen LogP contribution >= 0.6 is 0 Å². The first kappa shape index (κ1) is 34.5. The zero-order valence-electron chi connectivity index (χ0n) is 24.2. The number of ether oxygens (including phenoxy) is 7. The highest BCUT2D eigenvalue weighted by molar-refractivity contribution is 5.76. The quantitative estimate of drug-likeness (QED) is 0.107. The fourth-order valence-electron chi connectivity index (χ4n) is 3.04. The third-order valence-electron chi connectivity index (χ3n) is 5.65. The van der Waals surface area contributed by atoms with Gasteiger partial charge < -0.3 is 38.5 Å². The van der Waals surface area contributed by atoms with E-state index in [4.69, 9.17) is 33.2 Å². The van der Waals surface area contributed by atoms with E-state index in [1.165, 1.54) is 19.2 Å². The Kier molecular flexibility index (Phi) is 17.6. The van der Waals surface area contributed by atoms with Crippen molar-refractivity contribution in [2.24, 2.45) is 5.92 Å². The third-order valence-corrected chi connectivity index (χ3v) is 5.65. The molecule has 1 unspecified atom stereocenters. The molecule has 0 bridgehead atoms. The predicted octanol–water partition coefficient (Wildman–Crippen LogP) is 5.19. The predicted molar refractivity (Wildman–Crippen MR) is 144 cm³/mol. The van der Waals surface area contributed by atoms with Gasteiger partial charge >= 0.3 is 24.4 Å². The maximum Gasteiger partial charge on any atom is 0.513 e. The van der Waals surface area contributed by atoms with Gasteiger partial charge in [-0.2, -0.15) is 0 Å². The van der Waals surface area contributed by atoms with Crippen molar-refractivity contribution in [1.82, 2.24) is 5.32 Å². The van der Waals surface area contributed by atoms with E-state index in [-0.39, 0.29) is 56.8 Å². The molecule has 2 atom stereocenters. The molecule has 1 aromatic carbocycles. The minimum atomic E-state index is -0.963. The highest BCUT2D eigenvalue weighted by Gasteiger charge is 2.22. The maximum atomic E-state index is 12.4. The number of methoxy groups -OCH3 is 1. The van der Waals surface area contributed by atoms with Crippen molar-refractivity contribution in [3.63, 3.8) is 0 Å². The molecule has 0 aliphatic carbocycles. The molecule has 1 aromatic rings. The summed E-state index contributed by atoms with van der Waals surface area (Å²) in [5.74, 6) is -0.461. The number of esters is 1. The molecule has 0 heterocycles. The fourth-order valence-corrected chi connectivity index (χ4v) is 3.04. The van der Waals surface area contributed by atoms with Crippen LogP contribution in [-0.2, 0) is 34.9 Å². The molecule has 226 valence electrons. The highest BCUT2D eigenvalue weighted by Crippen LogP contribution is 2.30. The zero-order chi connectivity index (χ0) is 29.8. The van der Waals surface area contributed by atoms with Crippen LogP contribution in [0.4, 0.5) is 14.4 Å². The molecule has 1 N–H and O–H groups in total.